The molecule has 2 aromatic heterocycles. The lowest BCUT2D eigenvalue weighted by Gasteiger charge is -2.26. The van der Waals surface area contributed by atoms with Crippen LogP contribution in [0, 0.1) is 0 Å². The van der Waals surface area contributed by atoms with E-state index in [-0.39, 0.29) is 17.6 Å². The van der Waals surface area contributed by atoms with Gasteiger partial charge < -0.3 is 19.4 Å². The molecule has 5 rings (SSSR count). The van der Waals surface area contributed by atoms with Gasteiger partial charge in [0, 0.05) is 24.9 Å². The molecule has 2 aromatic carbocycles. The van der Waals surface area contributed by atoms with Crippen molar-refractivity contribution in [2.45, 2.75) is 25.7 Å². The van der Waals surface area contributed by atoms with Gasteiger partial charge in [-0.2, -0.15) is 0 Å². The summed E-state index contributed by atoms with van der Waals surface area (Å²) in [6.07, 6.45) is 2.83. The van der Waals surface area contributed by atoms with E-state index in [4.69, 9.17) is 9.15 Å². The van der Waals surface area contributed by atoms with E-state index in [9.17, 15) is 9.59 Å². The summed E-state index contributed by atoms with van der Waals surface area (Å²) in [7, 11) is 0. The van der Waals surface area contributed by atoms with Crippen LogP contribution in [0.4, 0.5) is 5.69 Å². The van der Waals surface area contributed by atoms with Gasteiger partial charge in [0.15, 0.2) is 0 Å². The molecule has 0 atom stereocenters. The third kappa shape index (κ3) is 4.77. The molecule has 33 heavy (non-hydrogen) atoms. The largest absolute Gasteiger partial charge is 0.449 e. The van der Waals surface area contributed by atoms with E-state index >= 15 is 0 Å². The third-order valence-electron chi connectivity index (χ3n) is 5.74. The fourth-order valence-electron chi connectivity index (χ4n) is 4.02. The van der Waals surface area contributed by atoms with Gasteiger partial charge in [-0.1, -0.05) is 24.3 Å². The number of hydrogen-bond acceptors (Lipinski definition) is 6. The predicted molar refractivity (Wildman–Crippen MR) is 129 cm³/mol. The number of nitrogens with zero attached hydrogens (tertiary/aromatic N) is 2. The summed E-state index contributed by atoms with van der Waals surface area (Å²) in [4.78, 5) is 32.2. The molecular formula is C25H25N3O4S. The molecule has 2 amide bonds. The molecule has 1 aliphatic rings. The number of amides is 2. The highest BCUT2D eigenvalue weighted by molar-refractivity contribution is 7.18. The van der Waals surface area contributed by atoms with Crippen molar-refractivity contribution < 1.29 is 18.7 Å². The van der Waals surface area contributed by atoms with Gasteiger partial charge in [0.2, 0.25) is 11.7 Å². The minimum absolute atomic E-state index is 0.123. The van der Waals surface area contributed by atoms with Crippen molar-refractivity contribution in [3.05, 3.63) is 59.3 Å². The Hall–Kier alpha value is -3.23. The van der Waals surface area contributed by atoms with Crippen LogP contribution in [0.25, 0.3) is 21.2 Å². The van der Waals surface area contributed by atoms with E-state index in [1.165, 1.54) is 4.70 Å². The van der Waals surface area contributed by atoms with Crippen LogP contribution in [-0.2, 0) is 16.0 Å². The average Bonchev–Trinajstić information content (AvgIpc) is 3.43. The topological polar surface area (TPSA) is 84.7 Å². The first kappa shape index (κ1) is 21.6. The highest BCUT2D eigenvalue weighted by Gasteiger charge is 2.27. The van der Waals surface area contributed by atoms with Crippen molar-refractivity contribution >= 4 is 50.0 Å². The van der Waals surface area contributed by atoms with Crippen LogP contribution in [0.1, 0.15) is 34.8 Å². The van der Waals surface area contributed by atoms with Crippen LogP contribution >= 0.6 is 11.3 Å². The number of nitrogens with one attached hydrogen (secondary N) is 1. The number of ether oxygens (including phenoxy) is 1. The van der Waals surface area contributed by atoms with E-state index in [1.54, 1.807) is 22.3 Å². The zero-order chi connectivity index (χ0) is 22.6. The minimum Gasteiger partial charge on any atom is -0.449 e. The molecule has 0 spiro atoms. The molecule has 1 aliphatic heterocycles. The molecule has 8 heteroatoms. The maximum atomic E-state index is 13.1. The Labute approximate surface area is 195 Å². The molecule has 7 nitrogen and oxygen atoms in total. The van der Waals surface area contributed by atoms with Crippen molar-refractivity contribution in [2.75, 3.05) is 31.6 Å². The molecule has 1 N–H and O–H groups in total. The summed E-state index contributed by atoms with van der Waals surface area (Å²) in [5.74, 6) is -0.163. The quantitative estimate of drug-likeness (QED) is 0.396. The molecule has 1 fully saturated rings. The number of thiazole rings is 1. The number of unbranched alkanes of at least 4 members (excludes halogenated alkanes) is 1. The number of aryl methyl sites for hydroxylation is 1. The number of morpholine rings is 1. The highest BCUT2D eigenvalue weighted by Crippen LogP contribution is 2.32. The predicted octanol–water partition coefficient (Wildman–Crippen LogP) is 4.87. The molecule has 170 valence electrons. The SMILES string of the molecule is O=C(CCCCc1nc2ccccc2s1)Nc1c(C(=O)N2CCOCC2)oc2ccccc12. The summed E-state index contributed by atoms with van der Waals surface area (Å²) in [6.45, 7) is 2.02. The van der Waals surface area contributed by atoms with Crippen molar-refractivity contribution in [3.63, 3.8) is 0 Å². The maximum absolute atomic E-state index is 13.1. The van der Waals surface area contributed by atoms with Crippen LogP contribution in [-0.4, -0.2) is 48.0 Å². The van der Waals surface area contributed by atoms with E-state index in [1.807, 2.05) is 36.4 Å². The van der Waals surface area contributed by atoms with Gasteiger partial charge in [-0.25, -0.2) is 4.98 Å². The summed E-state index contributed by atoms with van der Waals surface area (Å²) in [6, 6.07) is 15.5. The molecule has 0 saturated carbocycles. The van der Waals surface area contributed by atoms with E-state index in [0.29, 0.717) is 44.0 Å². The summed E-state index contributed by atoms with van der Waals surface area (Å²) in [5.41, 5.74) is 2.07. The first-order valence-corrected chi connectivity index (χ1v) is 12.0. The Bertz CT molecular complexity index is 1260. The highest BCUT2D eigenvalue weighted by atomic mass is 32.1. The zero-order valence-electron chi connectivity index (χ0n) is 18.2. The van der Waals surface area contributed by atoms with Crippen molar-refractivity contribution in [2.24, 2.45) is 0 Å². The lowest BCUT2D eigenvalue weighted by molar-refractivity contribution is -0.116. The Morgan fingerprint density at radius 3 is 2.67 bits per heavy atom. The maximum Gasteiger partial charge on any atom is 0.291 e. The van der Waals surface area contributed by atoms with Crippen LogP contribution in [0.2, 0.25) is 0 Å². The second kappa shape index (κ2) is 9.72. The second-order valence-electron chi connectivity index (χ2n) is 8.04. The number of rotatable bonds is 7. The fourth-order valence-corrected chi connectivity index (χ4v) is 5.03. The Morgan fingerprint density at radius 2 is 1.82 bits per heavy atom. The number of para-hydroxylation sites is 2. The first-order valence-electron chi connectivity index (χ1n) is 11.2. The van der Waals surface area contributed by atoms with E-state index in [0.717, 1.165) is 35.2 Å². The minimum atomic E-state index is -0.222. The summed E-state index contributed by atoms with van der Waals surface area (Å²) in [5, 5.41) is 4.78. The van der Waals surface area contributed by atoms with Crippen LogP contribution < -0.4 is 5.32 Å². The normalized spacial score (nSPS) is 14.1. The lowest BCUT2D eigenvalue weighted by atomic mass is 10.1. The molecule has 1 saturated heterocycles. The number of furan rings is 1. The lowest BCUT2D eigenvalue weighted by Crippen LogP contribution is -2.40. The van der Waals surface area contributed by atoms with Crippen molar-refractivity contribution in [1.82, 2.24) is 9.88 Å². The molecule has 0 aliphatic carbocycles. The van der Waals surface area contributed by atoms with Gasteiger partial charge in [-0.15, -0.1) is 11.3 Å². The summed E-state index contributed by atoms with van der Waals surface area (Å²) < 4.78 is 12.4. The van der Waals surface area contributed by atoms with Gasteiger partial charge in [0.1, 0.15) is 11.3 Å². The Morgan fingerprint density at radius 1 is 1.03 bits per heavy atom. The van der Waals surface area contributed by atoms with E-state index in [2.05, 4.69) is 16.4 Å². The van der Waals surface area contributed by atoms with Crippen LogP contribution in [0.5, 0.6) is 0 Å². The Kier molecular flexibility index (Phi) is 6.37. The van der Waals surface area contributed by atoms with Gasteiger partial charge in [0.25, 0.3) is 5.91 Å². The van der Waals surface area contributed by atoms with Crippen molar-refractivity contribution in [1.29, 1.82) is 0 Å². The third-order valence-corrected chi connectivity index (χ3v) is 6.83. The van der Waals surface area contributed by atoms with Gasteiger partial charge >= 0.3 is 0 Å². The zero-order valence-corrected chi connectivity index (χ0v) is 19.0. The molecule has 4 aromatic rings. The number of anilines is 1. The molecule has 0 bridgehead atoms. The van der Waals surface area contributed by atoms with E-state index < -0.39 is 0 Å². The molecule has 0 radical (unpaired) electrons. The van der Waals surface area contributed by atoms with Gasteiger partial charge in [-0.3, -0.25) is 9.59 Å². The van der Waals surface area contributed by atoms with Crippen molar-refractivity contribution in [3.8, 4) is 0 Å². The number of fused-ring (bicyclic) bond motifs is 2. The number of benzene rings is 2. The smallest absolute Gasteiger partial charge is 0.291 e. The Balaban J connectivity index is 1.23. The van der Waals surface area contributed by atoms with Crippen LogP contribution in [0.15, 0.2) is 52.9 Å². The average molecular weight is 464 g/mol. The number of aromatic nitrogens is 1. The fraction of sp³-hybridized carbons (Fsp3) is 0.320. The molecular weight excluding hydrogens is 438 g/mol. The second-order valence-corrected chi connectivity index (χ2v) is 9.15. The monoisotopic (exact) mass is 463 g/mol. The number of hydrogen-bond donors (Lipinski definition) is 1. The first-order chi connectivity index (χ1) is 16.2. The molecule has 3 heterocycles. The molecule has 0 unspecified atom stereocenters. The van der Waals surface area contributed by atoms with Crippen LogP contribution in [0.3, 0.4) is 0 Å². The van der Waals surface area contributed by atoms with Gasteiger partial charge in [-0.05, 0) is 43.5 Å². The number of carbonyl (C=O) groups is 2. The van der Waals surface area contributed by atoms with Gasteiger partial charge in [0.05, 0.1) is 28.4 Å². The summed E-state index contributed by atoms with van der Waals surface area (Å²) >= 11 is 1.70. The number of carbonyl (C=O) groups excluding carboxylic acids is 2. The standard InChI is InChI=1S/C25H25N3O4S/c29-21(11-5-6-12-22-26-18-8-2-4-10-20(18)33-22)27-23-17-7-1-3-9-19(17)32-24(23)25(30)28-13-15-31-16-14-28/h1-4,7-10H,5-6,11-16H2,(H,27,29).